The Morgan fingerprint density at radius 3 is 1.88 bits per heavy atom. The highest BCUT2D eigenvalue weighted by Crippen LogP contribution is 2.40. The molecule has 3 rings (SSSR count). The van der Waals surface area contributed by atoms with Crippen LogP contribution in [-0.2, 0) is 40.0 Å². The Balaban J connectivity index is 1.64. The maximum absolute atomic E-state index is 14.2. The number of nitrogens with one attached hydrogen (secondary N) is 2. The van der Waals surface area contributed by atoms with E-state index in [4.69, 9.17) is 9.47 Å². The summed E-state index contributed by atoms with van der Waals surface area (Å²) in [6, 6.07) is 6.27. The number of hydrogen-bond donors (Lipinski definition) is 3. The number of hydrogen-bond acceptors (Lipinski definition) is 10. The second-order valence-electron chi connectivity index (χ2n) is 17.7. The van der Waals surface area contributed by atoms with E-state index >= 15 is 0 Å². The molecule has 360 valence electrons. The minimum atomic E-state index is -1.19. The SMILES string of the molecule is CCCCCCCCCCCCCCCC(=O)N(C)[C@H](CO)C(=O)N[C@H](C)C(=O)CCC(=O)N(C)[C@@H]1C(=O)C[C@@H](C)C(=O)N[C@H](C(C)=O)Cc2ccc(OC)c(c2)-c2cc1ccc2OC. The number of Topliss-reactive ketones (excluding diaryl/α,β-unsaturated/α-hetero) is 3. The predicted molar refractivity (Wildman–Crippen MR) is 251 cm³/mol. The first-order chi connectivity index (χ1) is 31.1. The van der Waals surface area contributed by atoms with Crippen molar-refractivity contribution in [2.75, 3.05) is 34.9 Å². The molecule has 1 heterocycles. The summed E-state index contributed by atoms with van der Waals surface area (Å²) in [6.07, 6.45) is 15.0. The minimum Gasteiger partial charge on any atom is -0.496 e. The first-order valence-electron chi connectivity index (χ1n) is 23.7. The number of fused-ring (bicyclic) bond motifs is 5. The first-order valence-corrected chi connectivity index (χ1v) is 23.7. The number of unbranched alkanes of at least 4 members (excludes halogenated alkanes) is 12. The van der Waals surface area contributed by atoms with Gasteiger partial charge in [-0.3, -0.25) is 33.6 Å². The van der Waals surface area contributed by atoms with Crippen molar-refractivity contribution < 1.29 is 48.1 Å². The molecule has 0 saturated heterocycles. The molecule has 0 spiro atoms. The van der Waals surface area contributed by atoms with Gasteiger partial charge in [0.1, 0.15) is 23.6 Å². The fraction of sp³-hybridized carbons (Fsp3) is 0.627. The molecular weight excluding hydrogens is 829 g/mol. The summed E-state index contributed by atoms with van der Waals surface area (Å²) in [5, 5.41) is 15.5. The Morgan fingerprint density at radius 1 is 0.769 bits per heavy atom. The van der Waals surface area contributed by atoms with Gasteiger partial charge in [-0.1, -0.05) is 103 Å². The molecule has 4 bridgehead atoms. The zero-order valence-corrected chi connectivity index (χ0v) is 40.3. The predicted octanol–water partition coefficient (Wildman–Crippen LogP) is 7.25. The number of aliphatic hydroxyl groups excluding tert-OH is 1. The van der Waals surface area contributed by atoms with Crippen molar-refractivity contribution in [3.8, 4) is 22.6 Å². The molecule has 0 fully saturated rings. The summed E-state index contributed by atoms with van der Waals surface area (Å²) in [6.45, 7) is 6.06. The number of aliphatic hydroxyl groups is 1. The lowest BCUT2D eigenvalue weighted by molar-refractivity contribution is -0.142. The largest absolute Gasteiger partial charge is 0.496 e. The zero-order valence-electron chi connectivity index (χ0n) is 40.3. The quantitative estimate of drug-likeness (QED) is 0.0812. The van der Waals surface area contributed by atoms with Crippen LogP contribution in [-0.4, -0.2) is 109 Å². The monoisotopic (exact) mass is 905 g/mol. The third-order valence-corrected chi connectivity index (χ3v) is 12.6. The number of nitrogens with zero attached hydrogens (tertiary/aromatic N) is 2. The second kappa shape index (κ2) is 28.0. The maximum atomic E-state index is 14.2. The van der Waals surface area contributed by atoms with Gasteiger partial charge in [0.05, 0.1) is 32.9 Å². The van der Waals surface area contributed by atoms with E-state index in [-0.39, 0.29) is 43.8 Å². The molecule has 1 aliphatic rings. The van der Waals surface area contributed by atoms with Gasteiger partial charge in [-0.15, -0.1) is 0 Å². The third-order valence-electron chi connectivity index (χ3n) is 12.6. The molecule has 0 aliphatic carbocycles. The van der Waals surface area contributed by atoms with Gasteiger partial charge >= 0.3 is 0 Å². The average molecular weight is 905 g/mol. The molecule has 2 aromatic rings. The topological polar surface area (TPSA) is 189 Å². The highest BCUT2D eigenvalue weighted by Gasteiger charge is 2.34. The molecule has 1 aliphatic heterocycles. The summed E-state index contributed by atoms with van der Waals surface area (Å²) in [7, 11) is 5.96. The van der Waals surface area contributed by atoms with Gasteiger partial charge in [-0.05, 0) is 62.1 Å². The van der Waals surface area contributed by atoms with Crippen molar-refractivity contribution in [2.24, 2.45) is 5.92 Å². The Labute approximate surface area is 386 Å². The van der Waals surface area contributed by atoms with Crippen LogP contribution in [0.15, 0.2) is 36.4 Å². The van der Waals surface area contributed by atoms with Crippen LogP contribution in [0.1, 0.15) is 154 Å². The number of carbonyl (C=O) groups excluding carboxylic acids is 7. The Bertz CT molecular complexity index is 1920. The van der Waals surface area contributed by atoms with Gasteiger partial charge in [0, 0.05) is 56.8 Å². The molecule has 5 atom stereocenters. The molecule has 14 nitrogen and oxygen atoms in total. The van der Waals surface area contributed by atoms with Crippen LogP contribution in [0.4, 0.5) is 0 Å². The van der Waals surface area contributed by atoms with Gasteiger partial charge in [-0.25, -0.2) is 0 Å². The normalized spacial score (nSPS) is 17.2. The van der Waals surface area contributed by atoms with Crippen LogP contribution < -0.4 is 20.1 Å². The van der Waals surface area contributed by atoms with E-state index in [1.165, 1.54) is 110 Å². The Kier molecular flexibility index (Phi) is 23.4. The van der Waals surface area contributed by atoms with Gasteiger partial charge in [0.2, 0.25) is 23.6 Å². The zero-order chi connectivity index (χ0) is 48.1. The molecule has 14 heteroatoms. The van der Waals surface area contributed by atoms with Gasteiger partial charge in [-0.2, -0.15) is 0 Å². The maximum Gasteiger partial charge on any atom is 0.245 e. The van der Waals surface area contributed by atoms with Crippen LogP contribution >= 0.6 is 0 Å². The van der Waals surface area contributed by atoms with E-state index in [0.717, 1.165) is 24.8 Å². The lowest BCUT2D eigenvalue weighted by atomic mass is 9.89. The molecule has 65 heavy (non-hydrogen) atoms. The number of carbonyl (C=O) groups is 7. The Hall–Kier alpha value is -5.11. The van der Waals surface area contributed by atoms with Crippen molar-refractivity contribution in [1.82, 2.24) is 20.4 Å². The molecule has 0 saturated carbocycles. The average Bonchev–Trinajstić information content (AvgIpc) is 3.28. The molecule has 2 aromatic carbocycles. The smallest absolute Gasteiger partial charge is 0.245 e. The standard InChI is InChI=1S/C51H76N4O10/c1-9-10-11-12-13-14-15-16-17-18-19-20-21-22-47(60)54(5)42(33-56)51(63)52-35(3)43(58)25-28-48(61)55(6)49-38-24-27-46(65-8)40(32-38)39-30-37(23-26-45(39)64-7)31-41(36(4)57)53-50(62)34(2)29-44(49)59/h23-24,26-27,30,32,34-35,41-42,49,56H,9-22,25,28-29,31,33H2,1-8H3,(H,52,63)(H,53,62)/t34-,35-,41+,42-,49+/m1/s1. The van der Waals surface area contributed by atoms with Crippen LogP contribution in [0, 0.1) is 5.92 Å². The number of amides is 4. The number of ether oxygens (including phenoxy) is 2. The molecule has 0 aromatic heterocycles. The minimum absolute atomic E-state index is 0.208. The van der Waals surface area contributed by atoms with E-state index < -0.39 is 66.0 Å². The molecule has 4 amide bonds. The first kappa shape index (κ1) is 54.2. The number of benzene rings is 2. The number of methoxy groups -OCH3 is 2. The van der Waals surface area contributed by atoms with Crippen molar-refractivity contribution in [2.45, 2.75) is 167 Å². The highest BCUT2D eigenvalue weighted by atomic mass is 16.5. The lowest BCUT2D eigenvalue weighted by Crippen LogP contribution is -2.53. The van der Waals surface area contributed by atoms with E-state index in [9.17, 15) is 38.7 Å². The summed E-state index contributed by atoms with van der Waals surface area (Å²) in [5.74, 6) is -3.00. The van der Waals surface area contributed by atoms with Crippen LogP contribution in [0.3, 0.4) is 0 Å². The van der Waals surface area contributed by atoms with E-state index in [2.05, 4.69) is 17.6 Å². The third kappa shape index (κ3) is 16.7. The second-order valence-corrected chi connectivity index (χ2v) is 17.7. The van der Waals surface area contributed by atoms with Gasteiger partial charge < -0.3 is 35.0 Å². The summed E-state index contributed by atoms with van der Waals surface area (Å²) >= 11 is 0. The van der Waals surface area contributed by atoms with Gasteiger partial charge in [0.15, 0.2) is 17.3 Å². The molecule has 0 unspecified atom stereocenters. The van der Waals surface area contributed by atoms with Crippen LogP contribution in [0.2, 0.25) is 0 Å². The number of likely N-dealkylation sites (N-methyl/N-ethyl adjacent to an activating group) is 2. The van der Waals surface area contributed by atoms with Crippen molar-refractivity contribution in [3.63, 3.8) is 0 Å². The lowest BCUT2D eigenvalue weighted by Gasteiger charge is -2.30. The summed E-state index contributed by atoms with van der Waals surface area (Å²) < 4.78 is 11.4. The van der Waals surface area contributed by atoms with E-state index in [0.29, 0.717) is 34.6 Å². The highest BCUT2D eigenvalue weighted by molar-refractivity contribution is 5.97. The molecular formula is C51H76N4O10. The molecule has 3 N–H and O–H groups in total. The van der Waals surface area contributed by atoms with Crippen molar-refractivity contribution in [3.05, 3.63) is 47.5 Å². The van der Waals surface area contributed by atoms with Crippen LogP contribution in [0.5, 0.6) is 11.5 Å². The van der Waals surface area contributed by atoms with Crippen molar-refractivity contribution in [1.29, 1.82) is 0 Å². The van der Waals surface area contributed by atoms with Crippen LogP contribution in [0.25, 0.3) is 11.1 Å². The number of rotatable bonds is 26. The summed E-state index contributed by atoms with van der Waals surface area (Å²) in [5.41, 5.74) is 2.37. The molecule has 0 radical (unpaired) electrons. The van der Waals surface area contributed by atoms with E-state index in [1.807, 2.05) is 12.1 Å². The number of ketones is 3. The fourth-order valence-electron chi connectivity index (χ4n) is 8.36. The van der Waals surface area contributed by atoms with Crippen molar-refractivity contribution >= 4 is 41.0 Å². The van der Waals surface area contributed by atoms with Gasteiger partial charge in [0.25, 0.3) is 0 Å². The van der Waals surface area contributed by atoms with E-state index in [1.54, 1.807) is 31.2 Å². The fourth-order valence-corrected chi connectivity index (χ4v) is 8.36. The Morgan fingerprint density at radius 2 is 1.32 bits per heavy atom. The summed E-state index contributed by atoms with van der Waals surface area (Å²) in [4.78, 5) is 96.3.